The molecule has 2 N–H and O–H groups in total. The Labute approximate surface area is 125 Å². The molecule has 110 valence electrons. The molecule has 0 aliphatic carbocycles. The van der Waals surface area contributed by atoms with E-state index in [1.54, 1.807) is 0 Å². The number of rotatable bonds is 4. The molecule has 2 aliphatic heterocycles. The third kappa shape index (κ3) is 2.83. The molecular formula is C16H24N2OS. The van der Waals surface area contributed by atoms with Gasteiger partial charge in [0, 0.05) is 24.3 Å². The van der Waals surface area contributed by atoms with Gasteiger partial charge in [0.2, 0.25) is 0 Å². The Kier molecular flexibility index (Phi) is 4.24. The van der Waals surface area contributed by atoms with Crippen LogP contribution in [0.2, 0.25) is 0 Å². The molecular weight excluding hydrogens is 268 g/mol. The molecule has 0 saturated carbocycles. The lowest BCUT2D eigenvalue weighted by Gasteiger charge is -2.40. The van der Waals surface area contributed by atoms with Gasteiger partial charge in [-0.05, 0) is 43.8 Å². The van der Waals surface area contributed by atoms with Crippen LogP contribution in [0.5, 0.6) is 5.75 Å². The number of hydrogen-bond acceptors (Lipinski definition) is 4. The van der Waals surface area contributed by atoms with Gasteiger partial charge < -0.3 is 10.5 Å². The lowest BCUT2D eigenvalue weighted by Crippen LogP contribution is -2.48. The molecule has 0 radical (unpaired) electrons. The van der Waals surface area contributed by atoms with Crippen LogP contribution < -0.4 is 10.5 Å². The first-order valence-corrected chi connectivity index (χ1v) is 8.69. The third-order valence-corrected chi connectivity index (χ3v) is 6.19. The quantitative estimate of drug-likeness (QED) is 0.923. The van der Waals surface area contributed by atoms with Crippen LogP contribution in [0.4, 0.5) is 0 Å². The second-order valence-corrected chi connectivity index (χ2v) is 7.22. The maximum Gasteiger partial charge on any atom is 0.123 e. The molecule has 20 heavy (non-hydrogen) atoms. The normalized spacial score (nSPS) is 25.2. The fraction of sp³-hybridized carbons (Fsp3) is 0.625. The SMILES string of the molecule is CSC1(CN)CCN(CC2Cc3ccccc3O2)CC1. The highest BCUT2D eigenvalue weighted by Gasteiger charge is 2.34. The van der Waals surface area contributed by atoms with E-state index in [4.69, 9.17) is 10.5 Å². The van der Waals surface area contributed by atoms with Crippen LogP contribution in [0.25, 0.3) is 0 Å². The van der Waals surface area contributed by atoms with E-state index in [0.29, 0.717) is 10.9 Å². The van der Waals surface area contributed by atoms with E-state index >= 15 is 0 Å². The number of ether oxygens (including phenoxy) is 1. The molecule has 1 unspecified atom stereocenters. The molecule has 1 aromatic rings. The highest BCUT2D eigenvalue weighted by Crippen LogP contribution is 2.34. The van der Waals surface area contributed by atoms with E-state index in [1.807, 2.05) is 11.8 Å². The van der Waals surface area contributed by atoms with Crippen molar-refractivity contribution in [3.05, 3.63) is 29.8 Å². The van der Waals surface area contributed by atoms with Gasteiger partial charge in [0.1, 0.15) is 11.9 Å². The van der Waals surface area contributed by atoms with Crippen molar-refractivity contribution in [3.63, 3.8) is 0 Å². The topological polar surface area (TPSA) is 38.5 Å². The van der Waals surface area contributed by atoms with Gasteiger partial charge in [-0.3, -0.25) is 4.90 Å². The van der Waals surface area contributed by atoms with Crippen LogP contribution in [-0.2, 0) is 6.42 Å². The van der Waals surface area contributed by atoms with Crippen molar-refractivity contribution in [1.82, 2.24) is 4.90 Å². The van der Waals surface area contributed by atoms with Crippen molar-refractivity contribution >= 4 is 11.8 Å². The lowest BCUT2D eigenvalue weighted by atomic mass is 9.95. The van der Waals surface area contributed by atoms with E-state index in [9.17, 15) is 0 Å². The highest BCUT2D eigenvalue weighted by molar-refractivity contribution is 8.00. The molecule has 2 heterocycles. The van der Waals surface area contributed by atoms with Crippen LogP contribution in [0.15, 0.2) is 24.3 Å². The summed E-state index contributed by atoms with van der Waals surface area (Å²) in [5.74, 6) is 1.08. The molecule has 0 spiro atoms. The van der Waals surface area contributed by atoms with Gasteiger partial charge in [0.15, 0.2) is 0 Å². The second kappa shape index (κ2) is 5.96. The predicted octanol–water partition coefficient (Wildman–Crippen LogP) is 2.15. The summed E-state index contributed by atoms with van der Waals surface area (Å²) in [5, 5.41) is 0. The summed E-state index contributed by atoms with van der Waals surface area (Å²) in [4.78, 5) is 2.54. The van der Waals surface area contributed by atoms with Gasteiger partial charge in [-0.15, -0.1) is 0 Å². The zero-order valence-corrected chi connectivity index (χ0v) is 13.0. The fourth-order valence-corrected chi connectivity index (χ4v) is 4.04. The van der Waals surface area contributed by atoms with Crippen molar-refractivity contribution in [3.8, 4) is 5.75 Å². The minimum Gasteiger partial charge on any atom is -0.488 e. The number of hydrogen-bond donors (Lipinski definition) is 1. The van der Waals surface area contributed by atoms with Crippen LogP contribution in [0.3, 0.4) is 0 Å². The van der Waals surface area contributed by atoms with Gasteiger partial charge in [0.25, 0.3) is 0 Å². The third-order valence-electron chi connectivity index (χ3n) is 4.75. The average Bonchev–Trinajstić information content (AvgIpc) is 2.90. The predicted molar refractivity (Wildman–Crippen MR) is 85.5 cm³/mol. The summed E-state index contributed by atoms with van der Waals surface area (Å²) >= 11 is 1.94. The molecule has 3 rings (SSSR count). The Balaban J connectivity index is 1.52. The summed E-state index contributed by atoms with van der Waals surface area (Å²) in [6.45, 7) is 4.14. The summed E-state index contributed by atoms with van der Waals surface area (Å²) in [7, 11) is 0. The molecule has 1 aromatic carbocycles. The van der Waals surface area contributed by atoms with Gasteiger partial charge in [-0.25, -0.2) is 0 Å². The number of para-hydroxylation sites is 1. The minimum atomic E-state index is 0.315. The van der Waals surface area contributed by atoms with E-state index in [0.717, 1.165) is 38.3 Å². The summed E-state index contributed by atoms with van der Waals surface area (Å²) in [6.07, 6.45) is 5.97. The lowest BCUT2D eigenvalue weighted by molar-refractivity contribution is 0.125. The molecule has 0 aromatic heterocycles. The first-order chi connectivity index (χ1) is 9.74. The van der Waals surface area contributed by atoms with E-state index in [1.165, 1.54) is 18.4 Å². The number of thioether (sulfide) groups is 1. The Morgan fingerprint density at radius 1 is 1.35 bits per heavy atom. The number of likely N-dealkylation sites (tertiary alicyclic amines) is 1. The van der Waals surface area contributed by atoms with Crippen molar-refractivity contribution in [1.29, 1.82) is 0 Å². The molecule has 3 nitrogen and oxygen atoms in total. The van der Waals surface area contributed by atoms with Crippen LogP contribution in [0.1, 0.15) is 18.4 Å². The van der Waals surface area contributed by atoms with Crippen molar-refractivity contribution < 1.29 is 4.74 Å². The second-order valence-electron chi connectivity index (χ2n) is 5.94. The maximum absolute atomic E-state index is 6.04. The van der Waals surface area contributed by atoms with Crippen molar-refractivity contribution in [2.24, 2.45) is 5.73 Å². The van der Waals surface area contributed by atoms with Crippen molar-refractivity contribution in [2.75, 3.05) is 32.4 Å². The standard InChI is InChI=1S/C16H24N2OS/c1-20-16(12-17)6-8-18(9-7-16)11-14-10-13-4-2-3-5-15(13)19-14/h2-5,14H,6-12,17H2,1H3. The first kappa shape index (κ1) is 14.2. The Morgan fingerprint density at radius 3 is 2.75 bits per heavy atom. The minimum absolute atomic E-state index is 0.315. The molecule has 2 aliphatic rings. The number of nitrogens with zero attached hydrogens (tertiary/aromatic N) is 1. The van der Waals surface area contributed by atoms with Crippen LogP contribution >= 0.6 is 11.8 Å². The van der Waals surface area contributed by atoms with Crippen molar-refractivity contribution in [2.45, 2.75) is 30.1 Å². The Hall–Kier alpha value is -0.710. The number of piperidine rings is 1. The summed E-state index contributed by atoms with van der Waals surface area (Å²) in [5.41, 5.74) is 7.31. The maximum atomic E-state index is 6.04. The smallest absolute Gasteiger partial charge is 0.123 e. The molecule has 0 amide bonds. The molecule has 0 bridgehead atoms. The fourth-order valence-electron chi connectivity index (χ4n) is 3.28. The van der Waals surface area contributed by atoms with E-state index in [-0.39, 0.29) is 0 Å². The number of nitrogens with two attached hydrogens (primary N) is 1. The summed E-state index contributed by atoms with van der Waals surface area (Å²) in [6, 6.07) is 8.41. The number of benzene rings is 1. The Morgan fingerprint density at radius 2 is 2.10 bits per heavy atom. The number of fused-ring (bicyclic) bond motifs is 1. The van der Waals surface area contributed by atoms with Gasteiger partial charge in [0.05, 0.1) is 0 Å². The Bertz CT molecular complexity index is 427. The summed E-state index contributed by atoms with van der Waals surface area (Å²) < 4.78 is 6.36. The van der Waals surface area contributed by atoms with Crippen LogP contribution in [0, 0.1) is 0 Å². The molecule has 1 saturated heterocycles. The van der Waals surface area contributed by atoms with Gasteiger partial charge in [-0.1, -0.05) is 18.2 Å². The molecule has 1 fully saturated rings. The zero-order valence-electron chi connectivity index (χ0n) is 12.2. The molecule has 4 heteroatoms. The molecule has 1 atom stereocenters. The highest BCUT2D eigenvalue weighted by atomic mass is 32.2. The zero-order chi connectivity index (χ0) is 14.0. The first-order valence-electron chi connectivity index (χ1n) is 7.47. The van der Waals surface area contributed by atoms with Crippen LogP contribution in [-0.4, -0.2) is 48.2 Å². The monoisotopic (exact) mass is 292 g/mol. The van der Waals surface area contributed by atoms with Gasteiger partial charge >= 0.3 is 0 Å². The van der Waals surface area contributed by atoms with E-state index in [2.05, 4.69) is 35.4 Å². The average molecular weight is 292 g/mol. The van der Waals surface area contributed by atoms with Gasteiger partial charge in [-0.2, -0.15) is 11.8 Å². The van der Waals surface area contributed by atoms with E-state index < -0.39 is 0 Å². The largest absolute Gasteiger partial charge is 0.488 e.